The molecule has 30 heavy (non-hydrogen) atoms. The number of benzene rings is 2. The van der Waals surface area contributed by atoms with Crippen LogP contribution in [0.4, 0.5) is 0 Å². The van der Waals surface area contributed by atoms with Gasteiger partial charge >= 0.3 is 0 Å². The molecule has 152 valence electrons. The zero-order valence-electron chi connectivity index (χ0n) is 17.2. The van der Waals surface area contributed by atoms with Crippen LogP contribution in [-0.2, 0) is 11.8 Å². The summed E-state index contributed by atoms with van der Waals surface area (Å²) in [4.78, 5) is 20.6. The molecule has 0 amide bonds. The van der Waals surface area contributed by atoms with E-state index in [9.17, 15) is 4.79 Å². The first-order valence-electron chi connectivity index (χ1n) is 10.2. The number of carbonyl (C=O) groups excluding carboxylic acids is 1. The van der Waals surface area contributed by atoms with Crippen molar-refractivity contribution in [3.63, 3.8) is 0 Å². The van der Waals surface area contributed by atoms with Crippen molar-refractivity contribution in [3.8, 4) is 11.1 Å². The molecule has 0 aliphatic heterocycles. The number of hydrogen-bond acceptors (Lipinski definition) is 3. The van der Waals surface area contributed by atoms with Gasteiger partial charge in [-0.2, -0.15) is 5.10 Å². The lowest BCUT2D eigenvalue weighted by molar-refractivity contribution is -0.133. The highest BCUT2D eigenvalue weighted by atomic mass is 127. The van der Waals surface area contributed by atoms with Crippen molar-refractivity contribution in [2.45, 2.75) is 32.1 Å². The number of fused-ring (bicyclic) bond motifs is 1. The molecule has 1 N–H and O–H groups in total. The minimum atomic E-state index is -0.0980. The number of ketones is 1. The molecule has 0 radical (unpaired) electrons. The van der Waals surface area contributed by atoms with Gasteiger partial charge in [-0.05, 0) is 76.4 Å². The molecule has 2 aromatic heterocycles. The molecule has 1 aliphatic rings. The number of carbonyl (C=O) groups is 1. The van der Waals surface area contributed by atoms with Crippen molar-refractivity contribution in [2.75, 3.05) is 0 Å². The molecule has 1 aliphatic carbocycles. The zero-order chi connectivity index (χ0) is 21.0. The lowest BCUT2D eigenvalue weighted by atomic mass is 9.57. The number of nitrogens with one attached hydrogen (secondary N) is 1. The van der Waals surface area contributed by atoms with Crippen molar-refractivity contribution in [3.05, 3.63) is 69.3 Å². The van der Waals surface area contributed by atoms with Crippen LogP contribution in [0.2, 0.25) is 0 Å². The van der Waals surface area contributed by atoms with E-state index in [0.717, 1.165) is 28.6 Å². The molecule has 6 heteroatoms. The van der Waals surface area contributed by atoms with Crippen LogP contribution >= 0.6 is 22.6 Å². The number of aromatic nitrogens is 4. The Morgan fingerprint density at radius 3 is 2.73 bits per heavy atom. The van der Waals surface area contributed by atoms with Gasteiger partial charge in [-0.3, -0.25) is 9.48 Å². The topological polar surface area (TPSA) is 63.6 Å². The van der Waals surface area contributed by atoms with Crippen LogP contribution in [0.5, 0.6) is 0 Å². The Morgan fingerprint density at radius 1 is 1.20 bits per heavy atom. The summed E-state index contributed by atoms with van der Waals surface area (Å²) < 4.78 is 3.04. The summed E-state index contributed by atoms with van der Waals surface area (Å²) >= 11 is 2.44. The summed E-state index contributed by atoms with van der Waals surface area (Å²) in [7, 11) is 1.93. The predicted molar refractivity (Wildman–Crippen MR) is 126 cm³/mol. The summed E-state index contributed by atoms with van der Waals surface area (Å²) in [5.74, 6) is 0.536. The van der Waals surface area contributed by atoms with Gasteiger partial charge in [-0.1, -0.05) is 19.1 Å². The molecular formula is C24H23IN4O. The van der Waals surface area contributed by atoms with Gasteiger partial charge in [-0.15, -0.1) is 0 Å². The number of aromatic amines is 1. The summed E-state index contributed by atoms with van der Waals surface area (Å²) in [6.45, 7) is 4.29. The zero-order valence-corrected chi connectivity index (χ0v) is 19.3. The van der Waals surface area contributed by atoms with Gasteiger partial charge in [0.15, 0.2) is 0 Å². The highest BCUT2D eigenvalue weighted by Crippen LogP contribution is 2.54. The number of halogens is 1. The van der Waals surface area contributed by atoms with E-state index in [1.807, 2.05) is 30.2 Å². The van der Waals surface area contributed by atoms with Gasteiger partial charge in [0.05, 0.1) is 29.5 Å². The third-order valence-electron chi connectivity index (χ3n) is 6.42. The Balaban J connectivity index is 1.58. The minimum absolute atomic E-state index is 0.0731. The summed E-state index contributed by atoms with van der Waals surface area (Å²) in [5.41, 5.74) is 7.83. The van der Waals surface area contributed by atoms with Gasteiger partial charge in [-0.25, -0.2) is 4.98 Å². The molecule has 5 nitrogen and oxygen atoms in total. The van der Waals surface area contributed by atoms with Gasteiger partial charge in [0.25, 0.3) is 0 Å². The fourth-order valence-corrected chi connectivity index (χ4v) is 6.07. The van der Waals surface area contributed by atoms with Crippen molar-refractivity contribution in [2.24, 2.45) is 13.0 Å². The van der Waals surface area contributed by atoms with Gasteiger partial charge < -0.3 is 4.98 Å². The lowest BCUT2D eigenvalue weighted by Gasteiger charge is -2.44. The molecule has 2 aromatic carbocycles. The molecule has 0 spiro atoms. The molecular weight excluding hydrogens is 487 g/mol. The predicted octanol–water partition coefficient (Wildman–Crippen LogP) is 5.35. The minimum Gasteiger partial charge on any atom is -0.345 e. The van der Waals surface area contributed by atoms with E-state index in [1.54, 1.807) is 6.33 Å². The standard InChI is InChI=1S/C24H23IN4O/c1-4-17-23(22(24(17)30)14-5-6-19-20(9-14)27-12-26-19)21-13(2)7-15(8-18(21)25)16-10-28-29(3)11-16/h5-12,17,22-23H,4H2,1-3H3,(H,26,27)/t17-,22?,23-/m1/s1. The van der Waals surface area contributed by atoms with Crippen molar-refractivity contribution in [1.29, 1.82) is 0 Å². The van der Waals surface area contributed by atoms with E-state index in [1.165, 1.54) is 20.3 Å². The molecule has 5 rings (SSSR count). The number of aryl methyl sites for hydroxylation is 2. The average molecular weight is 510 g/mol. The Morgan fingerprint density at radius 2 is 2.03 bits per heavy atom. The smallest absolute Gasteiger partial charge is 0.144 e. The van der Waals surface area contributed by atoms with Crippen LogP contribution in [0.15, 0.2) is 49.1 Å². The maximum absolute atomic E-state index is 13.1. The van der Waals surface area contributed by atoms with E-state index in [2.05, 4.69) is 75.8 Å². The Kier molecular flexibility index (Phi) is 4.76. The second kappa shape index (κ2) is 7.34. The lowest BCUT2D eigenvalue weighted by Crippen LogP contribution is -2.44. The van der Waals surface area contributed by atoms with Crippen molar-refractivity contribution >= 4 is 39.4 Å². The fraction of sp³-hybridized carbons (Fsp3) is 0.292. The highest BCUT2D eigenvalue weighted by molar-refractivity contribution is 14.1. The fourth-order valence-electron chi connectivity index (χ4n) is 4.95. The van der Waals surface area contributed by atoms with E-state index < -0.39 is 0 Å². The number of Topliss-reactive ketones (excluding diaryl/α,β-unsaturated/α-hetero) is 1. The number of rotatable bonds is 4. The SMILES string of the molecule is CC[C@H]1C(=O)C(c2ccc3nc[nH]c3c2)[C@H]1c1c(C)cc(-c2cnn(C)c2)cc1I. The monoisotopic (exact) mass is 510 g/mol. The average Bonchev–Trinajstić information content (AvgIpc) is 3.35. The van der Waals surface area contributed by atoms with Crippen molar-refractivity contribution < 1.29 is 4.79 Å². The third-order valence-corrected chi connectivity index (χ3v) is 7.31. The van der Waals surface area contributed by atoms with Crippen molar-refractivity contribution in [1.82, 2.24) is 19.7 Å². The normalized spacial score (nSPS) is 21.2. The van der Waals surface area contributed by atoms with Crippen LogP contribution in [0, 0.1) is 16.4 Å². The third kappa shape index (κ3) is 3.00. The number of hydrogen-bond donors (Lipinski definition) is 1. The molecule has 0 saturated heterocycles. The molecule has 1 unspecified atom stereocenters. The highest BCUT2D eigenvalue weighted by Gasteiger charge is 2.50. The molecule has 0 bridgehead atoms. The van der Waals surface area contributed by atoms with Crippen LogP contribution < -0.4 is 0 Å². The second-order valence-electron chi connectivity index (χ2n) is 8.19. The van der Waals surface area contributed by atoms with Gasteiger partial charge in [0, 0.05) is 34.2 Å². The van der Waals surface area contributed by atoms with Gasteiger partial charge in [0.2, 0.25) is 0 Å². The summed E-state index contributed by atoms with van der Waals surface area (Å²) in [5, 5.41) is 4.31. The Hall–Kier alpha value is -2.48. The largest absolute Gasteiger partial charge is 0.345 e. The first-order valence-corrected chi connectivity index (χ1v) is 11.3. The summed E-state index contributed by atoms with van der Waals surface area (Å²) in [6.07, 6.45) is 6.50. The number of nitrogens with zero attached hydrogens (tertiary/aromatic N) is 3. The van der Waals surface area contributed by atoms with Crippen LogP contribution in [-0.4, -0.2) is 25.5 Å². The second-order valence-corrected chi connectivity index (χ2v) is 9.35. The first kappa shape index (κ1) is 19.5. The molecule has 4 aromatic rings. The Bertz CT molecular complexity index is 1250. The molecule has 3 atom stereocenters. The Labute approximate surface area is 189 Å². The summed E-state index contributed by atoms with van der Waals surface area (Å²) in [6, 6.07) is 10.6. The molecule has 2 heterocycles. The molecule has 1 fully saturated rings. The van der Waals surface area contributed by atoms with E-state index in [0.29, 0.717) is 5.78 Å². The van der Waals surface area contributed by atoms with E-state index >= 15 is 0 Å². The first-order chi connectivity index (χ1) is 14.5. The number of H-pyrrole nitrogens is 1. The van der Waals surface area contributed by atoms with E-state index in [4.69, 9.17) is 0 Å². The van der Waals surface area contributed by atoms with Gasteiger partial charge in [0.1, 0.15) is 5.78 Å². The number of imidazole rings is 1. The van der Waals surface area contributed by atoms with Crippen LogP contribution in [0.3, 0.4) is 0 Å². The molecule has 1 saturated carbocycles. The van der Waals surface area contributed by atoms with Crippen LogP contribution in [0.25, 0.3) is 22.2 Å². The maximum atomic E-state index is 13.1. The van der Waals surface area contributed by atoms with Crippen LogP contribution in [0.1, 0.15) is 41.9 Å². The van der Waals surface area contributed by atoms with E-state index in [-0.39, 0.29) is 17.8 Å². The maximum Gasteiger partial charge on any atom is 0.144 e. The quantitative estimate of drug-likeness (QED) is 0.377.